The average Bonchev–Trinajstić information content (AvgIpc) is 4.07. The molecule has 0 aliphatic heterocycles. The molecule has 19 atom stereocenters. The zero-order valence-corrected chi connectivity index (χ0v) is 46.1. The van der Waals surface area contributed by atoms with Gasteiger partial charge in [-0.05, 0) is 204 Å². The van der Waals surface area contributed by atoms with Crippen molar-refractivity contribution in [2.24, 2.45) is 97.6 Å². The molecule has 13 nitrogen and oxygen atoms in total. The van der Waals surface area contributed by atoms with Gasteiger partial charge in [-0.1, -0.05) is 44.4 Å². The summed E-state index contributed by atoms with van der Waals surface area (Å²) in [6, 6.07) is 0. The molecule has 0 unspecified atom stereocenters. The van der Waals surface area contributed by atoms with Crippen molar-refractivity contribution in [2.45, 2.75) is 188 Å². The number of Topliss-reactive ketones (excluding diaryl/α,β-unsaturated/α-hetero) is 4. The Morgan fingerprint density at radius 1 is 0.526 bits per heavy atom. The van der Waals surface area contributed by atoms with Crippen molar-refractivity contribution < 1.29 is 64.2 Å². The normalized spacial score (nSPS) is 47.6. The Bertz CT molecular complexity index is 2520. The van der Waals surface area contributed by atoms with E-state index < -0.39 is 35.7 Å². The fraction of sp³-hybridized carbons (Fsp3) is 0.794. The molecular weight excluding hydrogens is 965 g/mol. The van der Waals surface area contributed by atoms with Crippen LogP contribution in [0.15, 0.2) is 34.9 Å². The lowest BCUT2D eigenvalue weighted by Crippen LogP contribution is -2.60. The Morgan fingerprint density at radius 2 is 1.00 bits per heavy atom. The number of carbonyl (C=O) groups is 7. The average molecular weight is 1050 g/mol. The summed E-state index contributed by atoms with van der Waals surface area (Å²) in [5.74, 6) is 2.24. The molecule has 0 aromatic carbocycles. The molecule has 0 aromatic heterocycles. The summed E-state index contributed by atoms with van der Waals surface area (Å²) in [6.45, 7) is 9.19. The van der Waals surface area contributed by atoms with Gasteiger partial charge < -0.3 is 30.6 Å². The van der Waals surface area contributed by atoms with Crippen LogP contribution in [0.4, 0.5) is 0 Å². The number of hydrogen-bond donors (Lipinski definition) is 6. The first kappa shape index (κ1) is 56.0. The number of rotatable bonds is 7. The van der Waals surface area contributed by atoms with Gasteiger partial charge in [-0.25, -0.2) is 0 Å². The molecule has 0 saturated heterocycles. The van der Waals surface area contributed by atoms with E-state index in [1.807, 2.05) is 19.1 Å². The first-order chi connectivity index (χ1) is 36.0. The van der Waals surface area contributed by atoms with Crippen LogP contribution in [0.25, 0.3) is 0 Å². The highest BCUT2D eigenvalue weighted by Crippen LogP contribution is 2.70. The Balaban J connectivity index is 0.000000130. The minimum absolute atomic E-state index is 0.0621. The second-order valence-corrected chi connectivity index (χ2v) is 27.8. The minimum Gasteiger partial charge on any atom is -0.396 e. The van der Waals surface area contributed by atoms with E-state index in [0.29, 0.717) is 56.3 Å². The highest BCUT2D eigenvalue weighted by molar-refractivity contribution is 5.94. The number of ketones is 7. The molecule has 0 radical (unpaired) electrons. The fourth-order valence-electron chi connectivity index (χ4n) is 21.6. The largest absolute Gasteiger partial charge is 0.396 e. The van der Waals surface area contributed by atoms with Gasteiger partial charge in [0, 0.05) is 72.9 Å². The van der Waals surface area contributed by atoms with Crippen LogP contribution in [0.2, 0.25) is 0 Å². The van der Waals surface area contributed by atoms with Crippen molar-refractivity contribution in [3.8, 4) is 0 Å². The fourth-order valence-corrected chi connectivity index (χ4v) is 21.6. The molecule has 0 amide bonds. The van der Waals surface area contributed by atoms with Gasteiger partial charge in [-0.2, -0.15) is 0 Å². The van der Waals surface area contributed by atoms with E-state index in [9.17, 15) is 64.2 Å². The molecule has 9 fully saturated rings. The number of allylic oxidation sites excluding steroid dienone is 3. The SMILES string of the molecule is CC(=O)[C@@]1(O)CC[C@H]2[C@@H]3CCC4=CC(=O)CC[C@]4(C)[C@H]3C(=O)C[C@@]21C.C[C@]12CCC(=O)C=C1CC[C@@H]1[C@@H]2[C@@H](O)C[C@]2(CO)[C@@H](C(=O)CO)CC[C@@H]12.C[C@]12CCC(=O)C=C1CC[C@H]1[C@@H]3CC[C@H](C(=O)CO)[C@@]3(CO)CC[C@@H]12. The topological polar surface area (TPSA) is 241 Å². The third kappa shape index (κ3) is 8.19. The Labute approximate surface area is 449 Å². The van der Waals surface area contributed by atoms with E-state index in [2.05, 4.69) is 20.8 Å². The number of fused-ring (bicyclic) bond motifs is 15. The summed E-state index contributed by atoms with van der Waals surface area (Å²) in [6.07, 6.45) is 22.0. The van der Waals surface area contributed by atoms with Crippen molar-refractivity contribution in [3.05, 3.63) is 34.9 Å². The first-order valence-corrected chi connectivity index (χ1v) is 29.6. The molecule has 0 heterocycles. The van der Waals surface area contributed by atoms with Crippen molar-refractivity contribution in [1.82, 2.24) is 0 Å². The van der Waals surface area contributed by atoms with Crippen LogP contribution in [0, 0.1) is 97.6 Å². The van der Waals surface area contributed by atoms with Crippen molar-refractivity contribution in [3.63, 3.8) is 0 Å². The van der Waals surface area contributed by atoms with Crippen LogP contribution in [0.3, 0.4) is 0 Å². The van der Waals surface area contributed by atoms with E-state index >= 15 is 0 Å². The van der Waals surface area contributed by atoms with E-state index in [-0.39, 0.29) is 129 Å². The highest BCUT2D eigenvalue weighted by Gasteiger charge is 2.69. The summed E-state index contributed by atoms with van der Waals surface area (Å²) in [5, 5.41) is 61.7. The van der Waals surface area contributed by atoms with Gasteiger partial charge in [0.15, 0.2) is 34.7 Å². The van der Waals surface area contributed by atoms with E-state index in [4.69, 9.17) is 0 Å². The lowest BCUT2D eigenvalue weighted by atomic mass is 9.45. The summed E-state index contributed by atoms with van der Waals surface area (Å²) < 4.78 is 0. The minimum atomic E-state index is -1.36. The van der Waals surface area contributed by atoms with Gasteiger partial charge >= 0.3 is 0 Å². The Morgan fingerprint density at radius 3 is 1.55 bits per heavy atom. The molecule has 0 bridgehead atoms. The third-order valence-corrected chi connectivity index (χ3v) is 25.4. The van der Waals surface area contributed by atoms with Gasteiger partial charge in [-0.3, -0.25) is 33.6 Å². The second kappa shape index (κ2) is 20.0. The molecular formula is C63H88O13. The number of aliphatic hydroxyl groups is 6. The van der Waals surface area contributed by atoms with Crippen LogP contribution in [-0.4, -0.2) is 109 Å². The third-order valence-electron chi connectivity index (χ3n) is 25.4. The quantitative estimate of drug-likeness (QED) is 0.147. The van der Waals surface area contributed by atoms with E-state index in [0.717, 1.165) is 102 Å². The smallest absolute Gasteiger partial charge is 0.161 e. The van der Waals surface area contributed by atoms with E-state index in [1.54, 1.807) is 6.08 Å². The molecule has 418 valence electrons. The van der Waals surface area contributed by atoms with Gasteiger partial charge in [0.1, 0.15) is 24.6 Å². The molecule has 76 heavy (non-hydrogen) atoms. The van der Waals surface area contributed by atoms with Crippen molar-refractivity contribution >= 4 is 40.5 Å². The Kier molecular flexibility index (Phi) is 14.8. The molecule has 0 aromatic rings. The van der Waals surface area contributed by atoms with Crippen LogP contribution < -0.4 is 0 Å². The molecule has 12 rings (SSSR count). The van der Waals surface area contributed by atoms with Crippen LogP contribution >= 0.6 is 0 Å². The summed E-state index contributed by atoms with van der Waals surface area (Å²) in [7, 11) is 0. The maximum Gasteiger partial charge on any atom is 0.161 e. The standard InChI is InChI=1S/C21H30O5.C21H28O4.C21H30O4/c1-20-7-6-13(24)8-12(20)2-3-14-15-4-5-16(18(26)10-22)21(15,11-23)9-17(25)19(14)20;1-12(22)21(25)9-7-16-15-5-4-13-10-14(23)6-8-19(13,2)18(15)17(24)11-20(16,21)3;1-20-8-6-14(24)10-13(20)2-3-15-16(20)7-9-21(12-23)17(15)4-5-18(21)19(25)11-22/h8,14-17,19,22-23,25H,2-7,9-11H2,1H3;10,15-16,18,25H,4-9,11H2,1-3H3;10,15-18,22-23H,2-9,11-12H2,1H3/t14-,15-,16+,17-,19+,20-,21+;15-,16-,18+,19-,20-,21-;15-,16+,17+,18-,20+,21-/m001/s1. The lowest BCUT2D eigenvalue weighted by Gasteiger charge is -2.60. The molecule has 0 spiro atoms. The summed E-state index contributed by atoms with van der Waals surface area (Å²) >= 11 is 0. The van der Waals surface area contributed by atoms with Crippen LogP contribution in [0.5, 0.6) is 0 Å². The number of hydrogen-bond acceptors (Lipinski definition) is 13. The zero-order valence-electron chi connectivity index (χ0n) is 46.1. The zero-order chi connectivity index (χ0) is 54.7. The molecule has 12 aliphatic rings. The first-order valence-electron chi connectivity index (χ1n) is 29.6. The van der Waals surface area contributed by atoms with E-state index in [1.165, 1.54) is 18.1 Å². The number of carbonyl (C=O) groups excluding carboxylic acids is 7. The number of aliphatic hydroxyl groups excluding tert-OH is 5. The van der Waals surface area contributed by atoms with Crippen molar-refractivity contribution in [1.29, 1.82) is 0 Å². The predicted octanol–water partition coefficient (Wildman–Crippen LogP) is 7.32. The maximum atomic E-state index is 13.3. The molecule has 12 aliphatic carbocycles. The molecule has 6 N–H and O–H groups in total. The second-order valence-electron chi connectivity index (χ2n) is 27.8. The summed E-state index contributed by atoms with van der Waals surface area (Å²) in [5.41, 5.74) is 0.527. The lowest BCUT2D eigenvalue weighted by molar-refractivity contribution is -0.167. The van der Waals surface area contributed by atoms with Gasteiger partial charge in [-0.15, -0.1) is 0 Å². The van der Waals surface area contributed by atoms with Crippen molar-refractivity contribution in [2.75, 3.05) is 26.4 Å². The predicted molar refractivity (Wildman–Crippen MR) is 282 cm³/mol. The van der Waals surface area contributed by atoms with Gasteiger partial charge in [0.05, 0.1) is 6.10 Å². The highest BCUT2D eigenvalue weighted by atomic mass is 16.3. The molecule has 13 heteroatoms. The van der Waals surface area contributed by atoms with Gasteiger partial charge in [0.25, 0.3) is 0 Å². The monoisotopic (exact) mass is 1050 g/mol. The maximum absolute atomic E-state index is 13.3. The Hall–Kier alpha value is -3.33. The van der Waals surface area contributed by atoms with Crippen LogP contribution in [-0.2, 0) is 33.6 Å². The van der Waals surface area contributed by atoms with Crippen LogP contribution in [0.1, 0.15) is 176 Å². The van der Waals surface area contributed by atoms with Gasteiger partial charge in [0.2, 0.25) is 0 Å². The molecule has 9 saturated carbocycles. The summed E-state index contributed by atoms with van der Waals surface area (Å²) in [4.78, 5) is 85.8.